The Bertz CT molecular complexity index is 468. The molecule has 0 radical (unpaired) electrons. The van der Waals surface area contributed by atoms with Crippen molar-refractivity contribution in [3.8, 4) is 0 Å². The number of amides is 1. The summed E-state index contributed by atoms with van der Waals surface area (Å²) in [5.74, 6) is 0.450. The summed E-state index contributed by atoms with van der Waals surface area (Å²) in [7, 11) is 0. The Labute approximate surface area is 137 Å². The van der Waals surface area contributed by atoms with Gasteiger partial charge in [-0.25, -0.2) is 0 Å². The topological polar surface area (TPSA) is 20.3 Å². The van der Waals surface area contributed by atoms with Gasteiger partial charge in [0.2, 0.25) is 5.91 Å². The highest BCUT2D eigenvalue weighted by Gasteiger charge is 2.13. The van der Waals surface area contributed by atoms with E-state index in [4.69, 9.17) is 11.6 Å². The van der Waals surface area contributed by atoms with Crippen molar-refractivity contribution in [2.75, 3.05) is 12.8 Å². The van der Waals surface area contributed by atoms with Gasteiger partial charge in [-0.3, -0.25) is 4.79 Å². The van der Waals surface area contributed by atoms with E-state index in [0.29, 0.717) is 12.5 Å². The number of carbonyl (C=O) groups is 1. The van der Waals surface area contributed by atoms with Gasteiger partial charge in [0, 0.05) is 29.4 Å². The molecule has 0 saturated heterocycles. The Morgan fingerprint density at radius 3 is 2.38 bits per heavy atom. The van der Waals surface area contributed by atoms with Crippen LogP contribution in [0, 0.1) is 5.92 Å². The second-order valence-electron chi connectivity index (χ2n) is 5.50. The van der Waals surface area contributed by atoms with Gasteiger partial charge in [0.05, 0.1) is 0 Å². The summed E-state index contributed by atoms with van der Waals surface area (Å²) < 4.78 is 0. The number of hydrogen-bond donors (Lipinski definition) is 0. The molecule has 0 aliphatic heterocycles. The third-order valence-corrected chi connectivity index (χ3v) is 3.82. The normalized spacial score (nSPS) is 12.9. The lowest BCUT2D eigenvalue weighted by Crippen LogP contribution is -2.32. The average Bonchev–Trinajstić information content (AvgIpc) is 2.44. The second-order valence-corrected chi connectivity index (χ2v) is 7.07. The molecule has 1 atom stereocenters. The molecule has 0 aliphatic rings. The van der Waals surface area contributed by atoms with Crippen LogP contribution in [0.3, 0.4) is 0 Å². The highest BCUT2D eigenvalue weighted by Crippen LogP contribution is 2.16. The fraction of sp³-hybridized carbons (Fsp3) is 0.471. The smallest absolute Gasteiger partial charge is 0.246 e. The molecule has 0 fully saturated rings. The molecule has 1 amide bonds. The van der Waals surface area contributed by atoms with Gasteiger partial charge < -0.3 is 4.90 Å². The van der Waals surface area contributed by atoms with Crippen LogP contribution < -0.4 is 0 Å². The first-order chi connectivity index (χ1) is 9.92. The monoisotopic (exact) mass is 325 g/mol. The summed E-state index contributed by atoms with van der Waals surface area (Å²) in [4.78, 5) is 15.4. The molecular weight excluding hydrogens is 302 g/mol. The third kappa shape index (κ3) is 7.05. The zero-order chi connectivity index (χ0) is 15.8. The molecule has 21 heavy (non-hydrogen) atoms. The van der Waals surface area contributed by atoms with E-state index in [1.54, 1.807) is 23.9 Å². The zero-order valence-corrected chi connectivity index (χ0v) is 14.7. The van der Waals surface area contributed by atoms with E-state index < -0.39 is 0 Å². The molecule has 0 aliphatic carbocycles. The van der Waals surface area contributed by atoms with Crippen LogP contribution in [0.5, 0.6) is 0 Å². The number of benzene rings is 1. The van der Waals surface area contributed by atoms with Crippen molar-refractivity contribution in [3.05, 3.63) is 42.0 Å². The summed E-state index contributed by atoms with van der Waals surface area (Å²) in [6, 6.07) is 8.35. The fourth-order valence-electron chi connectivity index (χ4n) is 1.94. The number of rotatable bonds is 7. The van der Waals surface area contributed by atoms with Crippen molar-refractivity contribution in [2.45, 2.75) is 37.6 Å². The van der Waals surface area contributed by atoms with Crippen molar-refractivity contribution in [2.24, 2.45) is 5.92 Å². The van der Waals surface area contributed by atoms with Gasteiger partial charge in [0.25, 0.3) is 0 Å². The van der Waals surface area contributed by atoms with Crippen molar-refractivity contribution < 1.29 is 4.79 Å². The first kappa shape index (κ1) is 18.1. The van der Waals surface area contributed by atoms with E-state index in [0.717, 1.165) is 12.1 Å². The molecule has 0 aromatic heterocycles. The van der Waals surface area contributed by atoms with Gasteiger partial charge in [-0.2, -0.15) is 0 Å². The van der Waals surface area contributed by atoms with Gasteiger partial charge in [0.15, 0.2) is 0 Å². The molecule has 116 valence electrons. The lowest BCUT2D eigenvalue weighted by Gasteiger charge is -2.23. The average molecular weight is 326 g/mol. The molecule has 4 heteroatoms. The van der Waals surface area contributed by atoms with Crippen LogP contribution in [0.4, 0.5) is 0 Å². The SMILES string of the molecule is CSc1ccc(CN(CC(C)C)C(=O)/C=C/C(C)Cl)cc1. The lowest BCUT2D eigenvalue weighted by atomic mass is 10.1. The van der Waals surface area contributed by atoms with Crippen LogP contribution >= 0.6 is 23.4 Å². The maximum absolute atomic E-state index is 12.3. The Morgan fingerprint density at radius 1 is 1.29 bits per heavy atom. The summed E-state index contributed by atoms with van der Waals surface area (Å²) in [5, 5.41) is -0.129. The van der Waals surface area contributed by atoms with Gasteiger partial charge in [0.1, 0.15) is 0 Å². The van der Waals surface area contributed by atoms with Crippen LogP contribution in [-0.2, 0) is 11.3 Å². The number of halogens is 1. The Morgan fingerprint density at radius 2 is 1.90 bits per heavy atom. The molecule has 0 heterocycles. The molecule has 0 N–H and O–H groups in total. The molecule has 0 bridgehead atoms. The highest BCUT2D eigenvalue weighted by molar-refractivity contribution is 7.98. The Balaban J connectivity index is 2.79. The first-order valence-electron chi connectivity index (χ1n) is 7.16. The van der Waals surface area contributed by atoms with E-state index >= 15 is 0 Å². The number of thioether (sulfide) groups is 1. The molecule has 1 rings (SSSR count). The third-order valence-electron chi connectivity index (χ3n) is 2.93. The van der Waals surface area contributed by atoms with Crippen molar-refractivity contribution >= 4 is 29.3 Å². The predicted molar refractivity (Wildman–Crippen MR) is 92.9 cm³/mol. The van der Waals surface area contributed by atoms with Gasteiger partial charge in [-0.15, -0.1) is 23.4 Å². The predicted octanol–water partition coefficient (Wildman–Crippen LogP) is 4.58. The first-order valence-corrected chi connectivity index (χ1v) is 8.82. The minimum atomic E-state index is -0.129. The minimum Gasteiger partial charge on any atom is -0.335 e. The van der Waals surface area contributed by atoms with Crippen molar-refractivity contribution in [1.29, 1.82) is 0 Å². The molecule has 1 aromatic carbocycles. The zero-order valence-electron chi connectivity index (χ0n) is 13.2. The maximum Gasteiger partial charge on any atom is 0.246 e. The summed E-state index contributed by atoms with van der Waals surface area (Å²) in [6.07, 6.45) is 5.37. The van der Waals surface area contributed by atoms with Gasteiger partial charge in [-0.05, 0) is 36.8 Å². The number of nitrogens with zero attached hydrogens (tertiary/aromatic N) is 1. The van der Waals surface area contributed by atoms with E-state index in [9.17, 15) is 4.79 Å². The van der Waals surface area contributed by atoms with Crippen LogP contribution in [0.2, 0.25) is 0 Å². The van der Waals surface area contributed by atoms with Gasteiger partial charge >= 0.3 is 0 Å². The Kier molecular flexibility index (Phi) is 7.91. The van der Waals surface area contributed by atoms with E-state index in [1.165, 1.54) is 4.90 Å². The van der Waals surface area contributed by atoms with Crippen LogP contribution in [0.25, 0.3) is 0 Å². The highest BCUT2D eigenvalue weighted by atomic mass is 35.5. The molecule has 1 unspecified atom stereocenters. The molecule has 1 aromatic rings. The summed E-state index contributed by atoms with van der Waals surface area (Å²) >= 11 is 7.58. The number of alkyl halides is 1. The van der Waals surface area contributed by atoms with Gasteiger partial charge in [-0.1, -0.05) is 32.1 Å². The second kappa shape index (κ2) is 9.16. The Hall–Kier alpha value is -0.930. The maximum atomic E-state index is 12.3. The fourth-order valence-corrected chi connectivity index (χ4v) is 2.43. The molecule has 2 nitrogen and oxygen atoms in total. The molecule has 0 spiro atoms. The number of carbonyl (C=O) groups excluding carboxylic acids is 1. The lowest BCUT2D eigenvalue weighted by molar-refractivity contribution is -0.127. The van der Waals surface area contributed by atoms with E-state index in [-0.39, 0.29) is 11.3 Å². The number of allylic oxidation sites excluding steroid dienone is 1. The van der Waals surface area contributed by atoms with Crippen LogP contribution in [0.1, 0.15) is 26.3 Å². The van der Waals surface area contributed by atoms with Crippen LogP contribution in [0.15, 0.2) is 41.3 Å². The number of hydrogen-bond acceptors (Lipinski definition) is 2. The van der Waals surface area contributed by atoms with Crippen molar-refractivity contribution in [1.82, 2.24) is 4.90 Å². The largest absolute Gasteiger partial charge is 0.335 e. The minimum absolute atomic E-state index is 0.0187. The summed E-state index contributed by atoms with van der Waals surface area (Å²) in [5.41, 5.74) is 1.15. The van der Waals surface area contributed by atoms with E-state index in [1.807, 2.05) is 11.8 Å². The van der Waals surface area contributed by atoms with Crippen LogP contribution in [-0.4, -0.2) is 29.0 Å². The quantitative estimate of drug-likeness (QED) is 0.415. The molecular formula is C17H24ClNOS. The van der Waals surface area contributed by atoms with E-state index in [2.05, 4.69) is 44.4 Å². The molecule has 0 saturated carbocycles. The standard InChI is InChI=1S/C17H24ClNOS/c1-13(2)11-19(17(20)10-5-14(3)18)12-15-6-8-16(21-4)9-7-15/h5-10,13-14H,11-12H2,1-4H3/b10-5+. The van der Waals surface area contributed by atoms with Crippen molar-refractivity contribution in [3.63, 3.8) is 0 Å². The summed E-state index contributed by atoms with van der Waals surface area (Å²) in [6.45, 7) is 7.45.